The monoisotopic (exact) mass is 347 g/mol. The molecule has 0 aliphatic carbocycles. The number of likely N-dealkylation sites (tertiary alicyclic amines) is 1. The molecule has 1 saturated heterocycles. The first kappa shape index (κ1) is 19.6. The molecular formula is C20H33N3O2. The minimum atomic E-state index is 0.401. The zero-order chi connectivity index (χ0) is 18.1. The third kappa shape index (κ3) is 6.58. The molecule has 1 aliphatic heterocycles. The van der Waals surface area contributed by atoms with Crippen molar-refractivity contribution >= 4 is 5.96 Å². The lowest BCUT2D eigenvalue weighted by Gasteiger charge is -2.34. The molecule has 1 N–H and O–H groups in total. The van der Waals surface area contributed by atoms with Gasteiger partial charge in [-0.15, -0.1) is 0 Å². The van der Waals surface area contributed by atoms with Crippen LogP contribution in [0.15, 0.2) is 29.3 Å². The van der Waals surface area contributed by atoms with Crippen molar-refractivity contribution in [1.82, 2.24) is 10.2 Å². The van der Waals surface area contributed by atoms with Crippen molar-refractivity contribution in [2.45, 2.75) is 46.3 Å². The first-order valence-electron chi connectivity index (χ1n) is 9.41. The quantitative estimate of drug-likeness (QED) is 0.607. The van der Waals surface area contributed by atoms with E-state index in [0.29, 0.717) is 12.0 Å². The van der Waals surface area contributed by atoms with E-state index in [-0.39, 0.29) is 0 Å². The van der Waals surface area contributed by atoms with Crippen LogP contribution in [0.2, 0.25) is 0 Å². The Morgan fingerprint density at radius 3 is 2.48 bits per heavy atom. The number of nitrogens with zero attached hydrogens (tertiary/aromatic N) is 2. The van der Waals surface area contributed by atoms with Gasteiger partial charge in [-0.1, -0.05) is 26.0 Å². The highest BCUT2D eigenvalue weighted by molar-refractivity contribution is 5.79. The first-order valence-corrected chi connectivity index (χ1v) is 9.41. The van der Waals surface area contributed by atoms with E-state index in [1.54, 1.807) is 0 Å². The summed E-state index contributed by atoms with van der Waals surface area (Å²) in [7, 11) is 1.85. The number of guanidine groups is 1. The number of rotatable bonds is 7. The van der Waals surface area contributed by atoms with Gasteiger partial charge in [0.2, 0.25) is 0 Å². The summed E-state index contributed by atoms with van der Waals surface area (Å²) < 4.78 is 11.5. The predicted molar refractivity (Wildman–Crippen MR) is 103 cm³/mol. The van der Waals surface area contributed by atoms with E-state index in [1.807, 2.05) is 19.2 Å². The number of nitrogens with one attached hydrogen (secondary N) is 1. The lowest BCUT2D eigenvalue weighted by molar-refractivity contribution is 0.0263. The van der Waals surface area contributed by atoms with Gasteiger partial charge in [0.15, 0.2) is 5.96 Å². The molecule has 1 fully saturated rings. The molecule has 0 spiro atoms. The van der Waals surface area contributed by atoms with Crippen LogP contribution < -0.4 is 10.1 Å². The maximum Gasteiger partial charge on any atom is 0.193 e. The fourth-order valence-electron chi connectivity index (χ4n) is 2.95. The van der Waals surface area contributed by atoms with Crippen molar-refractivity contribution in [3.8, 4) is 5.75 Å². The summed E-state index contributed by atoms with van der Waals surface area (Å²) >= 11 is 0. The van der Waals surface area contributed by atoms with Crippen LogP contribution in [0.25, 0.3) is 0 Å². The SMILES string of the molecule is CCOC1CCN(C(=NC)NCc2ccc(OCC(C)C)cc2)CC1. The van der Waals surface area contributed by atoms with E-state index in [2.05, 4.69) is 48.1 Å². The maximum absolute atomic E-state index is 5.73. The van der Waals surface area contributed by atoms with Gasteiger partial charge in [-0.3, -0.25) is 4.99 Å². The van der Waals surface area contributed by atoms with Crippen LogP contribution in [-0.4, -0.2) is 50.3 Å². The zero-order valence-electron chi connectivity index (χ0n) is 16.1. The smallest absolute Gasteiger partial charge is 0.193 e. The van der Waals surface area contributed by atoms with E-state index < -0.39 is 0 Å². The van der Waals surface area contributed by atoms with Gasteiger partial charge in [-0.25, -0.2) is 0 Å². The number of hydrogen-bond donors (Lipinski definition) is 1. The summed E-state index contributed by atoms with van der Waals surface area (Å²) in [6.07, 6.45) is 2.53. The molecule has 0 radical (unpaired) electrons. The molecule has 140 valence electrons. The number of hydrogen-bond acceptors (Lipinski definition) is 3. The Kier molecular flexibility index (Phi) is 8.06. The highest BCUT2D eigenvalue weighted by Gasteiger charge is 2.21. The minimum Gasteiger partial charge on any atom is -0.493 e. The summed E-state index contributed by atoms with van der Waals surface area (Å²) in [5.41, 5.74) is 1.22. The minimum absolute atomic E-state index is 0.401. The highest BCUT2D eigenvalue weighted by Crippen LogP contribution is 2.15. The van der Waals surface area contributed by atoms with Crippen molar-refractivity contribution in [2.75, 3.05) is 33.4 Å². The third-order valence-corrected chi connectivity index (χ3v) is 4.31. The van der Waals surface area contributed by atoms with Gasteiger partial charge in [0.05, 0.1) is 12.7 Å². The Balaban J connectivity index is 1.79. The Labute approximate surface area is 152 Å². The molecule has 1 aliphatic rings. The van der Waals surface area contributed by atoms with Crippen LogP contribution in [-0.2, 0) is 11.3 Å². The molecule has 25 heavy (non-hydrogen) atoms. The second-order valence-corrected chi connectivity index (χ2v) is 6.89. The van der Waals surface area contributed by atoms with Crippen LogP contribution >= 0.6 is 0 Å². The molecule has 1 aromatic rings. The molecule has 0 saturated carbocycles. The Bertz CT molecular complexity index is 520. The number of benzene rings is 1. The van der Waals surface area contributed by atoms with Gasteiger partial charge in [0, 0.05) is 33.3 Å². The molecule has 5 heteroatoms. The molecule has 0 amide bonds. The van der Waals surface area contributed by atoms with Gasteiger partial charge in [-0.2, -0.15) is 0 Å². The van der Waals surface area contributed by atoms with Crippen LogP contribution in [0.1, 0.15) is 39.2 Å². The molecule has 1 aromatic carbocycles. The third-order valence-electron chi connectivity index (χ3n) is 4.31. The van der Waals surface area contributed by atoms with Gasteiger partial charge < -0.3 is 19.7 Å². The molecular weight excluding hydrogens is 314 g/mol. The Morgan fingerprint density at radius 1 is 1.24 bits per heavy atom. The molecule has 1 heterocycles. The molecule has 0 aromatic heterocycles. The van der Waals surface area contributed by atoms with Gasteiger partial charge in [0.25, 0.3) is 0 Å². The lowest BCUT2D eigenvalue weighted by atomic mass is 10.1. The first-order chi connectivity index (χ1) is 12.1. The van der Waals surface area contributed by atoms with Gasteiger partial charge >= 0.3 is 0 Å². The van der Waals surface area contributed by atoms with Gasteiger partial charge in [0.1, 0.15) is 5.75 Å². The summed E-state index contributed by atoms with van der Waals surface area (Å²) in [5.74, 6) is 2.44. The summed E-state index contributed by atoms with van der Waals surface area (Å²) in [6, 6.07) is 8.29. The molecule has 5 nitrogen and oxygen atoms in total. The van der Waals surface area contributed by atoms with Gasteiger partial charge in [-0.05, 0) is 43.4 Å². The van der Waals surface area contributed by atoms with Crippen molar-refractivity contribution in [3.63, 3.8) is 0 Å². The summed E-state index contributed by atoms with van der Waals surface area (Å²) in [6.45, 7) is 10.7. The maximum atomic E-state index is 5.73. The second kappa shape index (κ2) is 10.3. The predicted octanol–water partition coefficient (Wildman–Crippen LogP) is 3.30. The Hall–Kier alpha value is -1.75. The number of ether oxygens (including phenoxy) is 2. The van der Waals surface area contributed by atoms with Crippen LogP contribution in [0.5, 0.6) is 5.75 Å². The molecule has 2 rings (SSSR count). The molecule has 0 atom stereocenters. The summed E-state index contributed by atoms with van der Waals surface area (Å²) in [5, 5.41) is 3.47. The zero-order valence-corrected chi connectivity index (χ0v) is 16.1. The van der Waals surface area contributed by atoms with E-state index in [0.717, 1.165) is 57.4 Å². The fraction of sp³-hybridized carbons (Fsp3) is 0.650. The van der Waals surface area contributed by atoms with Crippen molar-refractivity contribution in [2.24, 2.45) is 10.9 Å². The average Bonchev–Trinajstić information content (AvgIpc) is 2.63. The van der Waals surface area contributed by atoms with E-state index >= 15 is 0 Å². The lowest BCUT2D eigenvalue weighted by Crippen LogP contribution is -2.46. The van der Waals surface area contributed by atoms with E-state index in [4.69, 9.17) is 9.47 Å². The van der Waals surface area contributed by atoms with Crippen molar-refractivity contribution in [1.29, 1.82) is 0 Å². The standard InChI is InChI=1S/C20H33N3O2/c1-5-24-19-10-12-23(13-11-19)20(21-4)22-14-17-6-8-18(9-7-17)25-15-16(2)3/h6-9,16,19H,5,10-15H2,1-4H3,(H,21,22). The van der Waals surface area contributed by atoms with E-state index in [1.165, 1.54) is 5.56 Å². The average molecular weight is 348 g/mol. The van der Waals surface area contributed by atoms with Crippen LogP contribution in [0.4, 0.5) is 0 Å². The number of piperidine rings is 1. The van der Waals surface area contributed by atoms with Crippen LogP contribution in [0, 0.1) is 5.92 Å². The second-order valence-electron chi connectivity index (χ2n) is 6.89. The normalized spacial score (nSPS) is 16.4. The highest BCUT2D eigenvalue weighted by atomic mass is 16.5. The summed E-state index contributed by atoms with van der Waals surface area (Å²) in [4.78, 5) is 6.75. The fourth-order valence-corrected chi connectivity index (χ4v) is 2.95. The van der Waals surface area contributed by atoms with E-state index in [9.17, 15) is 0 Å². The largest absolute Gasteiger partial charge is 0.493 e. The van der Waals surface area contributed by atoms with Crippen molar-refractivity contribution in [3.05, 3.63) is 29.8 Å². The van der Waals surface area contributed by atoms with Crippen LogP contribution in [0.3, 0.4) is 0 Å². The molecule has 0 bridgehead atoms. The topological polar surface area (TPSA) is 46.1 Å². The van der Waals surface area contributed by atoms with Crippen molar-refractivity contribution < 1.29 is 9.47 Å². The number of aliphatic imine (C=N–C) groups is 1. The Morgan fingerprint density at radius 2 is 1.92 bits per heavy atom. The molecule has 0 unspecified atom stereocenters.